The number of hydrogen-bond acceptors (Lipinski definition) is 8. The van der Waals surface area contributed by atoms with Gasteiger partial charge in [0.15, 0.2) is 11.5 Å². The number of aromatic nitrogens is 6. The lowest BCUT2D eigenvalue weighted by Crippen LogP contribution is -2.35. The Morgan fingerprint density at radius 1 is 1.19 bits per heavy atom. The molecular weight excluding hydrogens is 533 g/mol. The second-order valence-corrected chi connectivity index (χ2v) is 8.46. The molecule has 4 rings (SSSR count). The number of anilines is 1. The molecule has 0 bridgehead atoms. The van der Waals surface area contributed by atoms with E-state index in [2.05, 4.69) is 30.7 Å². The molecule has 0 saturated heterocycles. The van der Waals surface area contributed by atoms with Crippen LogP contribution in [-0.2, 0) is 23.8 Å². The normalized spacial score (nSPS) is 11.4. The molecule has 192 valence electrons. The molecule has 0 atom stereocenters. The topological polar surface area (TPSA) is 140 Å². The molecule has 0 fully saturated rings. The highest BCUT2D eigenvalue weighted by atomic mass is 35.5. The van der Waals surface area contributed by atoms with E-state index in [0.29, 0.717) is 16.3 Å². The van der Waals surface area contributed by atoms with Gasteiger partial charge in [0.05, 0.1) is 18.4 Å². The predicted octanol–water partition coefficient (Wildman–Crippen LogP) is 2.75. The maximum Gasteiger partial charge on any atom is 0.310 e. The van der Waals surface area contributed by atoms with Crippen LogP contribution in [0, 0.1) is 0 Å². The smallest absolute Gasteiger partial charge is 0.310 e. The fraction of sp³-hybridized carbons (Fsp3) is 0.182. The standard InChI is InChI=1S/C22H18Cl2F2N8O3/c23-14-3-4-15(34-12-27-11-32-34)13(6-14)7-29-18(36)9-33-17(24)8-30-20(21(33)37)31-10-22(25,26)19-16(35)2-1-5-28-19/h1-6,8,11-12,35H,7,9-10H2,(H,29,36)(H,30,31). The zero-order valence-electron chi connectivity index (χ0n) is 18.8. The molecule has 0 aliphatic carbocycles. The van der Waals surface area contributed by atoms with Crippen molar-refractivity contribution >= 4 is 34.9 Å². The fourth-order valence-electron chi connectivity index (χ4n) is 3.34. The van der Waals surface area contributed by atoms with Crippen molar-refractivity contribution in [3.05, 3.63) is 87.2 Å². The number of nitrogens with zero attached hydrogens (tertiary/aromatic N) is 6. The molecule has 3 heterocycles. The quantitative estimate of drug-likeness (QED) is 0.289. The first kappa shape index (κ1) is 26.0. The maximum atomic E-state index is 14.5. The van der Waals surface area contributed by atoms with Gasteiger partial charge in [0.25, 0.3) is 5.56 Å². The molecule has 3 N–H and O–H groups in total. The number of amides is 1. The second-order valence-electron chi connectivity index (χ2n) is 7.64. The molecule has 0 radical (unpaired) electrons. The number of hydrogen-bond donors (Lipinski definition) is 3. The van der Waals surface area contributed by atoms with Crippen molar-refractivity contribution in [2.24, 2.45) is 0 Å². The lowest BCUT2D eigenvalue weighted by Gasteiger charge is -2.18. The van der Waals surface area contributed by atoms with Crippen LogP contribution in [0.2, 0.25) is 10.2 Å². The van der Waals surface area contributed by atoms with E-state index in [9.17, 15) is 23.5 Å². The zero-order chi connectivity index (χ0) is 26.6. The van der Waals surface area contributed by atoms with Gasteiger partial charge in [-0.3, -0.25) is 19.1 Å². The maximum absolute atomic E-state index is 14.5. The van der Waals surface area contributed by atoms with Crippen molar-refractivity contribution in [2.45, 2.75) is 19.0 Å². The van der Waals surface area contributed by atoms with Gasteiger partial charge in [0, 0.05) is 17.8 Å². The summed E-state index contributed by atoms with van der Waals surface area (Å²) in [4.78, 5) is 36.6. The largest absolute Gasteiger partial charge is 0.506 e. The summed E-state index contributed by atoms with van der Waals surface area (Å²) >= 11 is 12.1. The van der Waals surface area contributed by atoms with Gasteiger partial charge < -0.3 is 15.7 Å². The number of carbonyl (C=O) groups excluding carboxylic acids is 1. The van der Waals surface area contributed by atoms with Gasteiger partial charge in [-0.25, -0.2) is 14.6 Å². The average molecular weight is 551 g/mol. The third-order valence-electron chi connectivity index (χ3n) is 5.10. The molecular formula is C22H18Cl2F2N8O3. The summed E-state index contributed by atoms with van der Waals surface area (Å²) in [6, 6.07) is 7.38. The first-order chi connectivity index (χ1) is 17.7. The molecule has 11 nitrogen and oxygen atoms in total. The van der Waals surface area contributed by atoms with Gasteiger partial charge in [-0.1, -0.05) is 23.2 Å². The molecule has 0 aliphatic rings. The molecule has 37 heavy (non-hydrogen) atoms. The first-order valence-corrected chi connectivity index (χ1v) is 11.3. The average Bonchev–Trinajstić information content (AvgIpc) is 3.40. The van der Waals surface area contributed by atoms with Gasteiger partial charge in [-0.05, 0) is 35.9 Å². The van der Waals surface area contributed by atoms with Crippen molar-refractivity contribution in [3.8, 4) is 11.4 Å². The Bertz CT molecular complexity index is 1480. The van der Waals surface area contributed by atoms with E-state index in [-0.39, 0.29) is 11.7 Å². The lowest BCUT2D eigenvalue weighted by molar-refractivity contribution is -0.121. The molecule has 4 aromatic rings. The van der Waals surface area contributed by atoms with Gasteiger partial charge in [0.2, 0.25) is 5.91 Å². The zero-order valence-corrected chi connectivity index (χ0v) is 20.3. The lowest BCUT2D eigenvalue weighted by atomic mass is 10.1. The Hall–Kier alpha value is -4.10. The van der Waals surface area contributed by atoms with Gasteiger partial charge in [0.1, 0.15) is 30.1 Å². The van der Waals surface area contributed by atoms with E-state index in [1.807, 2.05) is 0 Å². The van der Waals surface area contributed by atoms with Crippen molar-refractivity contribution in [1.82, 2.24) is 34.6 Å². The highest BCUT2D eigenvalue weighted by Gasteiger charge is 2.36. The van der Waals surface area contributed by atoms with Crippen LogP contribution < -0.4 is 16.2 Å². The van der Waals surface area contributed by atoms with E-state index in [4.69, 9.17) is 23.2 Å². The molecule has 15 heteroatoms. The van der Waals surface area contributed by atoms with Gasteiger partial charge in [-0.2, -0.15) is 13.9 Å². The van der Waals surface area contributed by atoms with Gasteiger partial charge >= 0.3 is 5.92 Å². The minimum atomic E-state index is -3.62. The molecule has 0 saturated carbocycles. The molecule has 0 aliphatic heterocycles. The number of halogens is 4. The Morgan fingerprint density at radius 2 is 2.00 bits per heavy atom. The summed E-state index contributed by atoms with van der Waals surface area (Å²) in [5.41, 5.74) is -0.494. The summed E-state index contributed by atoms with van der Waals surface area (Å²) in [6.45, 7) is -1.56. The molecule has 0 spiro atoms. The van der Waals surface area contributed by atoms with E-state index in [1.54, 1.807) is 18.2 Å². The van der Waals surface area contributed by atoms with Crippen LogP contribution in [0.1, 0.15) is 11.3 Å². The Morgan fingerprint density at radius 3 is 2.73 bits per heavy atom. The highest BCUT2D eigenvalue weighted by molar-refractivity contribution is 6.30. The number of rotatable bonds is 9. The Balaban J connectivity index is 1.46. The molecule has 1 aromatic carbocycles. The first-order valence-electron chi connectivity index (χ1n) is 10.6. The third kappa shape index (κ3) is 6.01. The van der Waals surface area contributed by atoms with Crippen molar-refractivity contribution in [2.75, 3.05) is 11.9 Å². The molecule has 1 amide bonds. The summed E-state index contributed by atoms with van der Waals surface area (Å²) in [5.74, 6) is -5.37. The van der Waals surface area contributed by atoms with E-state index in [0.717, 1.165) is 23.0 Å². The van der Waals surface area contributed by atoms with E-state index in [1.165, 1.54) is 23.4 Å². The fourth-order valence-corrected chi connectivity index (χ4v) is 3.72. The number of carbonyl (C=O) groups is 1. The predicted molar refractivity (Wildman–Crippen MR) is 130 cm³/mol. The summed E-state index contributed by atoms with van der Waals surface area (Å²) in [5, 5.41) is 18.9. The number of alkyl halides is 2. The summed E-state index contributed by atoms with van der Waals surface area (Å²) in [7, 11) is 0. The van der Waals surface area contributed by atoms with Crippen LogP contribution in [0.4, 0.5) is 14.6 Å². The number of aromatic hydroxyl groups is 1. The minimum Gasteiger partial charge on any atom is -0.506 e. The number of pyridine rings is 1. The minimum absolute atomic E-state index is 0.0386. The Labute approximate surface area is 217 Å². The summed E-state index contributed by atoms with van der Waals surface area (Å²) < 4.78 is 31.4. The number of benzene rings is 1. The van der Waals surface area contributed by atoms with Crippen LogP contribution in [0.3, 0.4) is 0 Å². The third-order valence-corrected chi connectivity index (χ3v) is 5.64. The monoisotopic (exact) mass is 550 g/mol. The van der Waals surface area contributed by atoms with E-state index < -0.39 is 47.7 Å². The Kier molecular flexibility index (Phi) is 7.64. The SMILES string of the molecule is O=C(Cn1c(Cl)cnc(NCC(F)(F)c2ncccc2O)c1=O)NCc1cc(Cl)ccc1-n1cncn1. The second kappa shape index (κ2) is 10.9. The molecule has 3 aromatic heterocycles. The van der Waals surface area contributed by atoms with Crippen molar-refractivity contribution in [1.29, 1.82) is 0 Å². The van der Waals surface area contributed by atoms with Gasteiger partial charge in [-0.15, -0.1) is 0 Å². The van der Waals surface area contributed by atoms with Crippen molar-refractivity contribution < 1.29 is 18.7 Å². The van der Waals surface area contributed by atoms with Crippen LogP contribution in [0.25, 0.3) is 5.69 Å². The van der Waals surface area contributed by atoms with Crippen LogP contribution in [0.15, 0.2) is 60.2 Å². The van der Waals surface area contributed by atoms with E-state index >= 15 is 0 Å². The molecule has 0 unspecified atom stereocenters. The van der Waals surface area contributed by atoms with Crippen LogP contribution in [-0.4, -0.2) is 46.9 Å². The van der Waals surface area contributed by atoms with Crippen LogP contribution in [0.5, 0.6) is 5.75 Å². The summed E-state index contributed by atoms with van der Waals surface area (Å²) in [6.07, 6.45) is 5.00. The number of nitrogens with one attached hydrogen (secondary N) is 2. The van der Waals surface area contributed by atoms with Crippen molar-refractivity contribution in [3.63, 3.8) is 0 Å². The highest BCUT2D eigenvalue weighted by Crippen LogP contribution is 2.32. The van der Waals surface area contributed by atoms with Crippen LogP contribution >= 0.6 is 23.2 Å².